The quantitative estimate of drug-likeness (QED) is 0.392. The average Bonchev–Trinajstić information content (AvgIpc) is 3.18. The van der Waals surface area contributed by atoms with Crippen LogP contribution in [0.3, 0.4) is 0 Å². The predicted octanol–water partition coefficient (Wildman–Crippen LogP) is 2.38. The summed E-state index contributed by atoms with van der Waals surface area (Å²) in [5.74, 6) is 2.02. The fourth-order valence-corrected chi connectivity index (χ4v) is 3.37. The van der Waals surface area contributed by atoms with E-state index < -0.39 is 0 Å². The summed E-state index contributed by atoms with van der Waals surface area (Å²) in [4.78, 5) is 10.4. The average molecular weight is 407 g/mol. The lowest BCUT2D eigenvalue weighted by Gasteiger charge is -2.12. The van der Waals surface area contributed by atoms with Gasteiger partial charge < -0.3 is 25.2 Å². The Morgan fingerprint density at radius 2 is 2.11 bits per heavy atom. The molecule has 0 fully saturated rings. The molecule has 154 valence electrons. The number of aliphatic imine (C=N–C) groups is 1. The van der Waals surface area contributed by atoms with Gasteiger partial charge in [-0.2, -0.15) is 0 Å². The smallest absolute Gasteiger partial charge is 0.191 e. The number of aliphatic hydroxyl groups is 1. The Morgan fingerprint density at radius 3 is 2.79 bits per heavy atom. The largest absolute Gasteiger partial charge is 0.493 e. The van der Waals surface area contributed by atoms with Crippen LogP contribution < -0.4 is 20.1 Å². The third kappa shape index (κ3) is 7.01. The Hall–Kier alpha value is -2.32. The first-order valence-corrected chi connectivity index (χ1v) is 10.4. The van der Waals surface area contributed by atoms with E-state index in [4.69, 9.17) is 14.6 Å². The van der Waals surface area contributed by atoms with Gasteiger partial charge in [-0.25, -0.2) is 9.98 Å². The number of nitrogens with zero attached hydrogens (tertiary/aromatic N) is 2. The van der Waals surface area contributed by atoms with E-state index >= 15 is 0 Å². The fraction of sp³-hybridized carbons (Fsp3) is 0.500. The maximum absolute atomic E-state index is 8.90. The van der Waals surface area contributed by atoms with Crippen molar-refractivity contribution < 1.29 is 14.6 Å². The van der Waals surface area contributed by atoms with Crippen LogP contribution in [-0.4, -0.2) is 49.5 Å². The summed E-state index contributed by atoms with van der Waals surface area (Å²) in [6.45, 7) is 6.48. The predicted molar refractivity (Wildman–Crippen MR) is 114 cm³/mol. The van der Waals surface area contributed by atoms with Crippen molar-refractivity contribution in [2.75, 3.05) is 33.4 Å². The van der Waals surface area contributed by atoms with Crippen LogP contribution in [0.4, 0.5) is 0 Å². The van der Waals surface area contributed by atoms with Gasteiger partial charge in [0.05, 0.1) is 25.3 Å². The molecule has 28 heavy (non-hydrogen) atoms. The van der Waals surface area contributed by atoms with Crippen molar-refractivity contribution >= 4 is 17.3 Å². The molecule has 0 radical (unpaired) electrons. The van der Waals surface area contributed by atoms with Crippen molar-refractivity contribution in [2.45, 2.75) is 33.2 Å². The number of guanidine groups is 1. The monoisotopic (exact) mass is 406 g/mol. The molecule has 3 N–H and O–H groups in total. The Bertz CT molecular complexity index is 749. The van der Waals surface area contributed by atoms with Gasteiger partial charge in [-0.05, 0) is 31.0 Å². The molecule has 1 aromatic heterocycles. The highest BCUT2D eigenvalue weighted by Crippen LogP contribution is 2.28. The van der Waals surface area contributed by atoms with Gasteiger partial charge in [-0.3, -0.25) is 0 Å². The minimum Gasteiger partial charge on any atom is -0.493 e. The molecule has 0 unspecified atom stereocenters. The zero-order valence-corrected chi connectivity index (χ0v) is 17.6. The van der Waals surface area contributed by atoms with Gasteiger partial charge in [-0.1, -0.05) is 13.0 Å². The molecule has 2 rings (SSSR count). The van der Waals surface area contributed by atoms with Gasteiger partial charge in [0.2, 0.25) is 0 Å². The lowest BCUT2D eigenvalue weighted by Crippen LogP contribution is -2.38. The molecule has 0 amide bonds. The number of aromatic nitrogens is 1. The zero-order chi connectivity index (χ0) is 20.2. The molecule has 0 aliphatic heterocycles. The van der Waals surface area contributed by atoms with E-state index in [0.29, 0.717) is 18.0 Å². The fourth-order valence-electron chi connectivity index (χ4n) is 2.51. The molecular formula is C20H30N4O3S. The van der Waals surface area contributed by atoms with Crippen molar-refractivity contribution in [3.8, 4) is 11.5 Å². The number of hydrogen-bond acceptors (Lipinski definition) is 6. The van der Waals surface area contributed by atoms with Gasteiger partial charge in [-0.15, -0.1) is 11.3 Å². The highest BCUT2D eigenvalue weighted by molar-refractivity contribution is 7.11. The first kappa shape index (κ1) is 22.0. The molecule has 8 heteroatoms. The first-order valence-electron chi connectivity index (χ1n) is 9.56. The molecule has 0 aliphatic rings. The topological polar surface area (TPSA) is 88.0 Å². The first-order chi connectivity index (χ1) is 13.7. The lowest BCUT2D eigenvalue weighted by molar-refractivity contribution is 0.196. The second kappa shape index (κ2) is 12.2. The van der Waals surface area contributed by atoms with E-state index in [0.717, 1.165) is 42.5 Å². The van der Waals surface area contributed by atoms with Crippen molar-refractivity contribution in [1.82, 2.24) is 15.6 Å². The number of hydrogen-bond donors (Lipinski definition) is 3. The van der Waals surface area contributed by atoms with Crippen LogP contribution >= 0.6 is 11.3 Å². The summed E-state index contributed by atoms with van der Waals surface area (Å²) >= 11 is 1.77. The Labute approximate surface area is 170 Å². The molecule has 0 bridgehead atoms. The number of rotatable bonds is 11. The highest BCUT2D eigenvalue weighted by Gasteiger charge is 2.06. The molecule has 0 saturated carbocycles. The summed E-state index contributed by atoms with van der Waals surface area (Å²) in [7, 11) is 1.60. The second-order valence-corrected chi connectivity index (χ2v) is 7.20. The Morgan fingerprint density at radius 1 is 1.25 bits per heavy atom. The van der Waals surface area contributed by atoms with Crippen molar-refractivity contribution in [3.63, 3.8) is 0 Å². The SMILES string of the molecule is CCNC(=NCc1ccc(OCCO)c(OC)c1)NCCc1ncc(CC)s1. The van der Waals surface area contributed by atoms with Gasteiger partial charge in [0.25, 0.3) is 0 Å². The van der Waals surface area contributed by atoms with Crippen LogP contribution in [0, 0.1) is 0 Å². The minimum absolute atomic E-state index is 0.0341. The number of nitrogens with one attached hydrogen (secondary N) is 2. The number of ether oxygens (including phenoxy) is 2. The highest BCUT2D eigenvalue weighted by atomic mass is 32.1. The Kier molecular flexibility index (Phi) is 9.57. The normalized spacial score (nSPS) is 11.4. The summed E-state index contributed by atoms with van der Waals surface area (Å²) < 4.78 is 10.8. The molecule has 0 aliphatic carbocycles. The molecule has 0 atom stereocenters. The molecule has 7 nitrogen and oxygen atoms in total. The molecular weight excluding hydrogens is 376 g/mol. The van der Waals surface area contributed by atoms with Crippen molar-refractivity contribution in [2.24, 2.45) is 4.99 Å². The van der Waals surface area contributed by atoms with E-state index in [2.05, 4.69) is 27.5 Å². The molecule has 0 saturated heterocycles. The maximum atomic E-state index is 8.90. The van der Waals surface area contributed by atoms with E-state index in [1.165, 1.54) is 4.88 Å². The number of aryl methyl sites for hydroxylation is 1. The number of benzene rings is 1. The molecule has 2 aromatic rings. The number of thiazole rings is 1. The van der Waals surface area contributed by atoms with Crippen LogP contribution in [0.2, 0.25) is 0 Å². The van der Waals surface area contributed by atoms with Gasteiger partial charge in [0.15, 0.2) is 17.5 Å². The van der Waals surface area contributed by atoms with Crippen LogP contribution in [-0.2, 0) is 19.4 Å². The van der Waals surface area contributed by atoms with Crippen LogP contribution in [0.25, 0.3) is 0 Å². The Balaban J connectivity index is 1.93. The van der Waals surface area contributed by atoms with Crippen LogP contribution in [0.5, 0.6) is 11.5 Å². The number of aliphatic hydroxyl groups excluding tert-OH is 1. The van der Waals surface area contributed by atoms with Crippen LogP contribution in [0.15, 0.2) is 29.4 Å². The van der Waals surface area contributed by atoms with E-state index in [1.807, 2.05) is 31.3 Å². The number of methoxy groups -OCH3 is 1. The summed E-state index contributed by atoms with van der Waals surface area (Å²) in [6, 6.07) is 5.69. The van der Waals surface area contributed by atoms with Crippen LogP contribution in [0.1, 0.15) is 29.3 Å². The van der Waals surface area contributed by atoms with Gasteiger partial charge in [0, 0.05) is 30.6 Å². The summed E-state index contributed by atoms with van der Waals surface area (Å²) in [5.41, 5.74) is 1.01. The van der Waals surface area contributed by atoms with Gasteiger partial charge >= 0.3 is 0 Å². The summed E-state index contributed by atoms with van der Waals surface area (Å²) in [5, 5.41) is 16.7. The van der Waals surface area contributed by atoms with Gasteiger partial charge in [0.1, 0.15) is 6.61 Å². The third-order valence-electron chi connectivity index (χ3n) is 3.92. The third-order valence-corrected chi connectivity index (χ3v) is 5.12. The minimum atomic E-state index is -0.0341. The van der Waals surface area contributed by atoms with E-state index in [-0.39, 0.29) is 13.2 Å². The zero-order valence-electron chi connectivity index (χ0n) is 16.8. The molecule has 0 spiro atoms. The molecule has 1 aromatic carbocycles. The lowest BCUT2D eigenvalue weighted by atomic mass is 10.2. The van der Waals surface area contributed by atoms with Crippen molar-refractivity contribution in [3.05, 3.63) is 39.8 Å². The van der Waals surface area contributed by atoms with E-state index in [9.17, 15) is 0 Å². The maximum Gasteiger partial charge on any atom is 0.191 e. The second-order valence-electron chi connectivity index (χ2n) is 6.00. The van der Waals surface area contributed by atoms with Crippen molar-refractivity contribution in [1.29, 1.82) is 0 Å². The standard InChI is InChI=1S/C20H30N4O3S/c1-4-16-14-23-19(28-16)8-9-22-20(21-5-2)24-13-15-6-7-17(27-11-10-25)18(12-15)26-3/h6-7,12,14,25H,4-5,8-11,13H2,1-3H3,(H2,21,22,24). The molecule has 1 heterocycles. The summed E-state index contributed by atoms with van der Waals surface area (Å²) in [6.07, 6.45) is 3.86. The van der Waals surface area contributed by atoms with E-state index in [1.54, 1.807) is 18.4 Å².